The lowest BCUT2D eigenvalue weighted by molar-refractivity contribution is 0.0949. The molecule has 1 aromatic carbocycles. The summed E-state index contributed by atoms with van der Waals surface area (Å²) < 4.78 is 5.56. The zero-order chi connectivity index (χ0) is 26.4. The SMILES string of the molecule is CCN(c1cccc2c1CC=CCCc1cc(C)nc(OC)c1CNC2=O)[C@H]1CC[C@@H](NC(=O)O)CC1. The highest BCUT2D eigenvalue weighted by molar-refractivity contribution is 5.97. The van der Waals surface area contributed by atoms with Crippen molar-refractivity contribution in [3.8, 4) is 5.88 Å². The molecule has 0 saturated heterocycles. The minimum Gasteiger partial charge on any atom is -0.481 e. The van der Waals surface area contributed by atoms with Gasteiger partial charge in [0.05, 0.1) is 7.11 Å². The van der Waals surface area contributed by atoms with Crippen LogP contribution in [-0.4, -0.2) is 47.8 Å². The van der Waals surface area contributed by atoms with E-state index in [9.17, 15) is 9.59 Å². The van der Waals surface area contributed by atoms with E-state index in [0.717, 1.165) is 73.1 Å². The van der Waals surface area contributed by atoms with Crippen LogP contribution in [0.1, 0.15) is 71.8 Å². The molecule has 3 N–H and O–H groups in total. The first-order valence-electron chi connectivity index (χ1n) is 13.3. The van der Waals surface area contributed by atoms with Gasteiger partial charge in [0.1, 0.15) is 0 Å². The Bertz CT molecular complexity index is 1150. The number of aromatic nitrogens is 1. The molecule has 8 nitrogen and oxygen atoms in total. The monoisotopic (exact) mass is 506 g/mol. The number of carboxylic acid groups (broad SMARTS) is 1. The van der Waals surface area contributed by atoms with E-state index in [1.807, 2.05) is 19.1 Å². The molecule has 8 heteroatoms. The third-order valence-electron chi connectivity index (χ3n) is 7.51. The zero-order valence-corrected chi connectivity index (χ0v) is 22.0. The Morgan fingerprint density at radius 1 is 1.22 bits per heavy atom. The predicted molar refractivity (Wildman–Crippen MR) is 145 cm³/mol. The van der Waals surface area contributed by atoms with Crippen LogP contribution in [0.2, 0.25) is 0 Å². The number of rotatable bonds is 5. The number of ether oxygens (including phenoxy) is 1. The fraction of sp³-hybridized carbons (Fsp3) is 0.483. The maximum atomic E-state index is 13.5. The van der Waals surface area contributed by atoms with Crippen LogP contribution in [0.15, 0.2) is 36.4 Å². The number of carbonyl (C=O) groups is 2. The summed E-state index contributed by atoms with van der Waals surface area (Å²) >= 11 is 0. The Hall–Kier alpha value is -3.55. The highest BCUT2D eigenvalue weighted by atomic mass is 16.5. The number of benzene rings is 1. The first kappa shape index (κ1) is 26.5. The summed E-state index contributed by atoms with van der Waals surface area (Å²) in [5.41, 5.74) is 5.77. The summed E-state index contributed by atoms with van der Waals surface area (Å²) in [6.07, 6.45) is 9.29. The molecule has 1 aliphatic carbocycles. The molecule has 1 saturated carbocycles. The third-order valence-corrected chi connectivity index (χ3v) is 7.51. The number of carbonyl (C=O) groups excluding carboxylic acids is 1. The van der Waals surface area contributed by atoms with Crippen molar-refractivity contribution in [1.29, 1.82) is 0 Å². The van der Waals surface area contributed by atoms with Crippen LogP contribution in [0.4, 0.5) is 10.5 Å². The molecule has 0 bridgehead atoms. The lowest BCUT2D eigenvalue weighted by Gasteiger charge is -2.39. The fourth-order valence-corrected chi connectivity index (χ4v) is 5.74. The second-order valence-corrected chi connectivity index (χ2v) is 9.85. The molecule has 0 unspecified atom stereocenters. The standard InChI is InChI=1S/C29H38N4O4/c1-4-33(22-15-13-21(14-16-22)32-29(35)36)26-12-8-11-24-23(26)10-7-5-6-9-20-17-19(2)31-28(37-3)25(20)18-30-27(24)34/h5,7-8,11-12,17,21-22,32H,4,6,9-10,13-16,18H2,1-3H3,(H,30,34)(H,35,36)/t21-,22+. The van der Waals surface area contributed by atoms with Gasteiger partial charge in [0.25, 0.3) is 5.91 Å². The average molecular weight is 507 g/mol. The molecule has 0 spiro atoms. The summed E-state index contributed by atoms with van der Waals surface area (Å²) in [6.45, 7) is 5.28. The van der Waals surface area contributed by atoms with Crippen molar-refractivity contribution in [2.75, 3.05) is 18.6 Å². The second-order valence-electron chi connectivity index (χ2n) is 9.85. The molecule has 1 aromatic heterocycles. The van der Waals surface area contributed by atoms with Crippen molar-refractivity contribution in [2.45, 2.75) is 77.4 Å². The number of nitrogens with zero attached hydrogens (tertiary/aromatic N) is 2. The maximum Gasteiger partial charge on any atom is 0.404 e. The van der Waals surface area contributed by atoms with E-state index in [4.69, 9.17) is 9.84 Å². The minimum absolute atomic E-state index is 0.00987. The largest absolute Gasteiger partial charge is 0.481 e. The van der Waals surface area contributed by atoms with E-state index in [0.29, 0.717) is 30.5 Å². The second kappa shape index (κ2) is 12.1. The molecular weight excluding hydrogens is 468 g/mol. The van der Waals surface area contributed by atoms with Gasteiger partial charge in [-0.1, -0.05) is 18.2 Å². The molecular formula is C29H38N4O4. The highest BCUT2D eigenvalue weighted by Gasteiger charge is 2.28. The van der Waals surface area contributed by atoms with Crippen molar-refractivity contribution < 1.29 is 19.4 Å². The lowest BCUT2D eigenvalue weighted by atomic mass is 9.89. The van der Waals surface area contributed by atoms with Gasteiger partial charge >= 0.3 is 6.09 Å². The normalized spacial score (nSPS) is 19.9. The van der Waals surface area contributed by atoms with Gasteiger partial charge < -0.3 is 25.4 Å². The van der Waals surface area contributed by atoms with Gasteiger partial charge in [-0.25, -0.2) is 9.78 Å². The Morgan fingerprint density at radius 3 is 2.70 bits per heavy atom. The molecule has 2 heterocycles. The lowest BCUT2D eigenvalue weighted by Crippen LogP contribution is -2.44. The number of fused-ring (bicyclic) bond motifs is 2. The smallest absolute Gasteiger partial charge is 0.404 e. The van der Waals surface area contributed by atoms with E-state index >= 15 is 0 Å². The molecule has 2 aliphatic rings. The molecule has 0 radical (unpaired) electrons. The van der Waals surface area contributed by atoms with E-state index in [1.165, 1.54) is 0 Å². The van der Waals surface area contributed by atoms with Crippen LogP contribution in [0.25, 0.3) is 0 Å². The molecule has 4 rings (SSSR count). The number of allylic oxidation sites excluding steroid dienone is 2. The van der Waals surface area contributed by atoms with Gasteiger partial charge in [-0.3, -0.25) is 4.79 Å². The first-order chi connectivity index (χ1) is 17.9. The Balaban J connectivity index is 1.62. The minimum atomic E-state index is -0.956. The molecule has 1 aliphatic heterocycles. The molecule has 2 amide bonds. The number of aryl methyl sites for hydroxylation is 2. The predicted octanol–water partition coefficient (Wildman–Crippen LogP) is 4.78. The number of anilines is 1. The summed E-state index contributed by atoms with van der Waals surface area (Å²) in [6, 6.07) is 8.37. The van der Waals surface area contributed by atoms with Crippen LogP contribution in [0.3, 0.4) is 0 Å². The van der Waals surface area contributed by atoms with Crippen molar-refractivity contribution in [3.05, 3.63) is 64.4 Å². The van der Waals surface area contributed by atoms with Crippen LogP contribution in [0.5, 0.6) is 5.88 Å². The topological polar surface area (TPSA) is 104 Å². The van der Waals surface area contributed by atoms with Crippen molar-refractivity contribution in [2.24, 2.45) is 0 Å². The fourth-order valence-electron chi connectivity index (χ4n) is 5.74. The number of amides is 2. The van der Waals surface area contributed by atoms with E-state index in [2.05, 4.69) is 51.7 Å². The van der Waals surface area contributed by atoms with Crippen molar-refractivity contribution in [3.63, 3.8) is 0 Å². The number of nitrogens with one attached hydrogen (secondary N) is 2. The highest BCUT2D eigenvalue weighted by Crippen LogP contribution is 2.32. The van der Waals surface area contributed by atoms with Gasteiger partial charge in [0.2, 0.25) is 5.88 Å². The molecule has 37 heavy (non-hydrogen) atoms. The Labute approximate surface area is 219 Å². The molecule has 0 atom stereocenters. The van der Waals surface area contributed by atoms with Gasteiger partial charge in [0, 0.05) is 47.7 Å². The first-order valence-corrected chi connectivity index (χ1v) is 13.3. The molecule has 2 aromatic rings. The van der Waals surface area contributed by atoms with Gasteiger partial charge in [-0.05, 0) is 88.1 Å². The summed E-state index contributed by atoms with van der Waals surface area (Å²) in [4.78, 5) is 31.5. The van der Waals surface area contributed by atoms with Crippen molar-refractivity contribution >= 4 is 17.7 Å². The molecule has 1 fully saturated rings. The van der Waals surface area contributed by atoms with Gasteiger partial charge in [-0.2, -0.15) is 0 Å². The Morgan fingerprint density at radius 2 is 2.00 bits per heavy atom. The van der Waals surface area contributed by atoms with E-state index in [-0.39, 0.29) is 11.9 Å². The number of methoxy groups -OCH3 is 1. The maximum absolute atomic E-state index is 13.5. The van der Waals surface area contributed by atoms with E-state index in [1.54, 1.807) is 7.11 Å². The Kier molecular flexibility index (Phi) is 8.69. The number of pyridine rings is 1. The number of hydrogen-bond acceptors (Lipinski definition) is 5. The van der Waals surface area contributed by atoms with Crippen molar-refractivity contribution in [1.82, 2.24) is 15.6 Å². The van der Waals surface area contributed by atoms with Crippen LogP contribution in [0, 0.1) is 6.92 Å². The van der Waals surface area contributed by atoms with Crippen LogP contribution >= 0.6 is 0 Å². The molecule has 198 valence electrons. The van der Waals surface area contributed by atoms with Gasteiger partial charge in [-0.15, -0.1) is 0 Å². The van der Waals surface area contributed by atoms with Crippen LogP contribution < -0.4 is 20.3 Å². The summed E-state index contributed by atoms with van der Waals surface area (Å²) in [5.74, 6) is 0.459. The average Bonchev–Trinajstić information content (AvgIpc) is 2.88. The quantitative estimate of drug-likeness (QED) is 0.505. The number of hydrogen-bond donors (Lipinski definition) is 3. The summed E-state index contributed by atoms with van der Waals surface area (Å²) in [5, 5.41) is 14.8. The van der Waals surface area contributed by atoms with Crippen LogP contribution in [-0.2, 0) is 19.4 Å². The van der Waals surface area contributed by atoms with Gasteiger partial charge in [0.15, 0.2) is 0 Å². The summed E-state index contributed by atoms with van der Waals surface area (Å²) in [7, 11) is 1.62. The third kappa shape index (κ3) is 6.24. The van der Waals surface area contributed by atoms with E-state index < -0.39 is 6.09 Å². The zero-order valence-electron chi connectivity index (χ0n) is 22.0.